The normalized spacial score (nSPS) is 10.2. The van der Waals surface area contributed by atoms with Crippen LogP contribution in [0.3, 0.4) is 0 Å². The van der Waals surface area contributed by atoms with Crippen molar-refractivity contribution in [3.63, 3.8) is 0 Å². The number of carbonyl (C=O) groups is 1. The zero-order chi connectivity index (χ0) is 15.6. The Balaban J connectivity index is 2.27. The summed E-state index contributed by atoms with van der Waals surface area (Å²) in [5.41, 5.74) is 3.57. The van der Waals surface area contributed by atoms with E-state index in [2.05, 4.69) is 15.8 Å². The number of nitrogens with two attached hydrogens (primary N) is 1. The molecule has 4 N–H and O–H groups in total. The van der Waals surface area contributed by atoms with E-state index in [4.69, 9.17) is 5.84 Å². The summed E-state index contributed by atoms with van der Waals surface area (Å²) in [5.74, 6) is 4.83. The first kappa shape index (κ1) is 14.5. The lowest BCUT2D eigenvalue weighted by atomic mass is 10.1. The first-order chi connectivity index (χ1) is 9.92. The number of benzene rings is 1. The molecule has 0 bridgehead atoms. The van der Waals surface area contributed by atoms with E-state index < -0.39 is 10.8 Å². The van der Waals surface area contributed by atoms with Gasteiger partial charge in [-0.25, -0.2) is 0 Å². The molecule has 21 heavy (non-hydrogen) atoms. The van der Waals surface area contributed by atoms with Gasteiger partial charge in [-0.15, -0.1) is 0 Å². The Morgan fingerprint density at radius 2 is 2.14 bits per heavy atom. The predicted molar refractivity (Wildman–Crippen MR) is 76.8 cm³/mol. The smallest absolute Gasteiger partial charge is 0.293 e. The minimum Gasteiger partial charge on any atom is -0.319 e. The number of anilines is 2. The number of hydrogen-bond acceptors (Lipinski definition) is 6. The summed E-state index contributed by atoms with van der Waals surface area (Å²) in [5, 5.41) is 17.6. The first-order valence-electron chi connectivity index (χ1n) is 5.99. The number of nitrogen functional groups attached to an aromatic ring is 1. The molecule has 0 aliphatic carbocycles. The highest BCUT2D eigenvalue weighted by Gasteiger charge is 2.17. The zero-order valence-electron chi connectivity index (χ0n) is 11.5. The maximum atomic E-state index is 12.1. The lowest BCUT2D eigenvalue weighted by Gasteiger charge is -2.06. The number of nitro groups is 1. The Bertz CT molecular complexity index is 709. The van der Waals surface area contributed by atoms with Crippen molar-refractivity contribution in [2.45, 2.75) is 6.92 Å². The van der Waals surface area contributed by atoms with Crippen LogP contribution in [0.25, 0.3) is 0 Å². The van der Waals surface area contributed by atoms with Crippen LogP contribution in [0.1, 0.15) is 16.1 Å². The Morgan fingerprint density at radius 1 is 1.43 bits per heavy atom. The second-order valence-electron chi connectivity index (χ2n) is 4.39. The van der Waals surface area contributed by atoms with E-state index >= 15 is 0 Å². The molecule has 2 rings (SSSR count). The fourth-order valence-corrected chi connectivity index (χ4v) is 1.87. The Hall–Kier alpha value is -2.94. The third-order valence-electron chi connectivity index (χ3n) is 2.87. The van der Waals surface area contributed by atoms with Crippen LogP contribution in [0.15, 0.2) is 24.4 Å². The topological polar surface area (TPSA) is 128 Å². The van der Waals surface area contributed by atoms with Gasteiger partial charge in [-0.05, 0) is 19.1 Å². The molecule has 110 valence electrons. The second kappa shape index (κ2) is 5.59. The molecular weight excluding hydrogens is 276 g/mol. The van der Waals surface area contributed by atoms with E-state index in [9.17, 15) is 14.9 Å². The summed E-state index contributed by atoms with van der Waals surface area (Å²) >= 11 is 0. The van der Waals surface area contributed by atoms with Crippen LogP contribution < -0.4 is 16.6 Å². The molecular formula is C12H14N6O3. The maximum absolute atomic E-state index is 12.1. The van der Waals surface area contributed by atoms with Crippen molar-refractivity contribution in [1.82, 2.24) is 9.78 Å². The molecule has 0 aliphatic heterocycles. The van der Waals surface area contributed by atoms with Gasteiger partial charge >= 0.3 is 0 Å². The van der Waals surface area contributed by atoms with Gasteiger partial charge in [0.25, 0.3) is 11.6 Å². The van der Waals surface area contributed by atoms with Gasteiger partial charge in [-0.2, -0.15) is 5.10 Å². The van der Waals surface area contributed by atoms with Crippen molar-refractivity contribution < 1.29 is 9.72 Å². The van der Waals surface area contributed by atoms with E-state index in [1.807, 2.05) is 0 Å². The molecule has 0 saturated heterocycles. The molecule has 9 nitrogen and oxygen atoms in total. The number of amides is 1. The van der Waals surface area contributed by atoms with Gasteiger partial charge in [-0.1, -0.05) is 0 Å². The third kappa shape index (κ3) is 2.98. The van der Waals surface area contributed by atoms with Crippen LogP contribution in [-0.4, -0.2) is 20.6 Å². The van der Waals surface area contributed by atoms with Crippen molar-refractivity contribution in [2.75, 3.05) is 10.7 Å². The maximum Gasteiger partial charge on any atom is 0.293 e. The molecule has 0 radical (unpaired) electrons. The average molecular weight is 290 g/mol. The van der Waals surface area contributed by atoms with Crippen molar-refractivity contribution in [1.29, 1.82) is 0 Å². The SMILES string of the molecule is Cc1nn(C)cc1NC(=O)c1ccc([N+](=O)[O-])c(NN)c1. The predicted octanol–water partition coefficient (Wildman–Crippen LogP) is 1.17. The molecule has 0 saturated carbocycles. The number of carbonyl (C=O) groups excluding carboxylic acids is 1. The van der Waals surface area contributed by atoms with E-state index in [1.54, 1.807) is 24.9 Å². The number of aryl methyl sites for hydroxylation is 2. The van der Waals surface area contributed by atoms with Gasteiger partial charge in [0.1, 0.15) is 5.69 Å². The fourth-order valence-electron chi connectivity index (χ4n) is 1.87. The summed E-state index contributed by atoms with van der Waals surface area (Å²) in [6, 6.07) is 3.90. The lowest BCUT2D eigenvalue weighted by Crippen LogP contribution is -2.14. The number of aromatic nitrogens is 2. The number of nitrogens with one attached hydrogen (secondary N) is 2. The number of hydrazine groups is 1. The first-order valence-corrected chi connectivity index (χ1v) is 5.99. The summed E-state index contributed by atoms with van der Waals surface area (Å²) in [4.78, 5) is 22.4. The monoisotopic (exact) mass is 290 g/mol. The van der Waals surface area contributed by atoms with Crippen LogP contribution in [0.5, 0.6) is 0 Å². The molecule has 0 aliphatic rings. The summed E-state index contributed by atoms with van der Waals surface area (Å²) in [6.07, 6.45) is 1.67. The van der Waals surface area contributed by atoms with E-state index in [1.165, 1.54) is 18.2 Å². The highest BCUT2D eigenvalue weighted by atomic mass is 16.6. The average Bonchev–Trinajstić information content (AvgIpc) is 2.75. The largest absolute Gasteiger partial charge is 0.319 e. The molecule has 2 aromatic rings. The Morgan fingerprint density at radius 3 is 2.67 bits per heavy atom. The fraction of sp³-hybridized carbons (Fsp3) is 0.167. The van der Waals surface area contributed by atoms with Crippen LogP contribution in [0.2, 0.25) is 0 Å². The molecule has 9 heteroatoms. The van der Waals surface area contributed by atoms with Crippen molar-refractivity contribution in [2.24, 2.45) is 12.9 Å². The third-order valence-corrected chi connectivity index (χ3v) is 2.87. The minimum atomic E-state index is -0.581. The molecule has 1 aromatic carbocycles. The van der Waals surface area contributed by atoms with Gasteiger partial charge in [0.05, 0.1) is 16.3 Å². The summed E-state index contributed by atoms with van der Waals surface area (Å²) in [6.45, 7) is 1.76. The van der Waals surface area contributed by atoms with Crippen molar-refractivity contribution in [3.8, 4) is 0 Å². The van der Waals surface area contributed by atoms with E-state index in [0.717, 1.165) is 0 Å². The number of nitrogens with zero attached hydrogens (tertiary/aromatic N) is 3. The van der Waals surface area contributed by atoms with Crippen LogP contribution in [0.4, 0.5) is 17.1 Å². The van der Waals surface area contributed by atoms with Crippen molar-refractivity contribution in [3.05, 3.63) is 45.8 Å². The highest BCUT2D eigenvalue weighted by Crippen LogP contribution is 2.25. The van der Waals surface area contributed by atoms with Crippen molar-refractivity contribution >= 4 is 23.0 Å². The Kier molecular flexibility index (Phi) is 3.85. The van der Waals surface area contributed by atoms with Gasteiger partial charge in [0.2, 0.25) is 0 Å². The second-order valence-corrected chi connectivity index (χ2v) is 4.39. The number of nitro benzene ring substituents is 1. The molecule has 1 amide bonds. The molecule has 1 heterocycles. The zero-order valence-corrected chi connectivity index (χ0v) is 11.5. The molecule has 0 unspecified atom stereocenters. The van der Waals surface area contributed by atoms with E-state index in [0.29, 0.717) is 11.4 Å². The van der Waals surface area contributed by atoms with Gasteiger partial charge in [0, 0.05) is 24.9 Å². The van der Waals surface area contributed by atoms with Crippen LogP contribution >= 0.6 is 0 Å². The van der Waals surface area contributed by atoms with E-state index in [-0.39, 0.29) is 16.9 Å². The minimum absolute atomic E-state index is 0.0653. The standard InChI is InChI=1S/C12H14N6O3/c1-7-10(6-17(2)16-7)14-12(19)8-3-4-11(18(20)21)9(5-8)15-13/h3-6,15H,13H2,1-2H3,(H,14,19). The van der Waals surface area contributed by atoms with Gasteiger partial charge in [0.15, 0.2) is 0 Å². The van der Waals surface area contributed by atoms with Gasteiger partial charge in [-0.3, -0.25) is 25.4 Å². The number of rotatable bonds is 4. The summed E-state index contributed by atoms with van der Waals surface area (Å²) < 4.78 is 1.58. The lowest BCUT2D eigenvalue weighted by molar-refractivity contribution is -0.384. The quantitative estimate of drug-likeness (QED) is 0.440. The summed E-state index contributed by atoms with van der Waals surface area (Å²) in [7, 11) is 1.74. The van der Waals surface area contributed by atoms with Crippen LogP contribution in [-0.2, 0) is 7.05 Å². The molecule has 1 aromatic heterocycles. The molecule has 0 spiro atoms. The highest BCUT2D eigenvalue weighted by molar-refractivity contribution is 6.05. The van der Waals surface area contributed by atoms with Gasteiger partial charge < -0.3 is 10.7 Å². The van der Waals surface area contributed by atoms with Crippen LogP contribution in [0, 0.1) is 17.0 Å². The Labute approximate surface area is 119 Å². The molecule has 0 fully saturated rings. The molecule has 0 atom stereocenters. The number of hydrogen-bond donors (Lipinski definition) is 3.